The van der Waals surface area contributed by atoms with Crippen LogP contribution in [0.15, 0.2) is 42.7 Å². The Kier molecular flexibility index (Phi) is 3.47. The molecular formula is C13H10BrNO. The SMILES string of the molecule is O=Cc1cnccc1-c1cccc(CBr)c1. The molecule has 3 heteroatoms. The second-order valence-electron chi connectivity index (χ2n) is 3.41. The van der Waals surface area contributed by atoms with Crippen LogP contribution in [0, 0.1) is 0 Å². The summed E-state index contributed by atoms with van der Waals surface area (Å²) in [7, 11) is 0. The molecule has 0 atom stereocenters. The van der Waals surface area contributed by atoms with E-state index >= 15 is 0 Å². The number of carbonyl (C=O) groups is 1. The lowest BCUT2D eigenvalue weighted by atomic mass is 10.0. The highest BCUT2D eigenvalue weighted by Gasteiger charge is 2.04. The Hall–Kier alpha value is -1.48. The monoisotopic (exact) mass is 275 g/mol. The predicted molar refractivity (Wildman–Crippen MR) is 67.7 cm³/mol. The molecule has 16 heavy (non-hydrogen) atoms. The van der Waals surface area contributed by atoms with Gasteiger partial charge < -0.3 is 0 Å². The fraction of sp³-hybridized carbons (Fsp3) is 0.0769. The first kappa shape index (κ1) is 11.0. The van der Waals surface area contributed by atoms with E-state index in [0.717, 1.165) is 22.7 Å². The van der Waals surface area contributed by atoms with Crippen LogP contribution in [0.25, 0.3) is 11.1 Å². The summed E-state index contributed by atoms with van der Waals surface area (Å²) < 4.78 is 0. The van der Waals surface area contributed by atoms with Crippen LogP contribution in [-0.2, 0) is 5.33 Å². The molecule has 80 valence electrons. The largest absolute Gasteiger partial charge is 0.298 e. The lowest BCUT2D eigenvalue weighted by molar-refractivity contribution is 0.112. The Bertz CT molecular complexity index is 511. The van der Waals surface area contributed by atoms with Gasteiger partial charge >= 0.3 is 0 Å². The molecule has 0 N–H and O–H groups in total. The van der Waals surface area contributed by atoms with Gasteiger partial charge in [-0.2, -0.15) is 0 Å². The quantitative estimate of drug-likeness (QED) is 0.634. The van der Waals surface area contributed by atoms with Crippen molar-refractivity contribution in [3.63, 3.8) is 0 Å². The molecule has 0 radical (unpaired) electrons. The summed E-state index contributed by atoms with van der Waals surface area (Å²) >= 11 is 3.42. The van der Waals surface area contributed by atoms with Crippen LogP contribution < -0.4 is 0 Å². The molecule has 2 rings (SSSR count). The molecule has 0 spiro atoms. The molecule has 2 aromatic rings. The maximum Gasteiger partial charge on any atom is 0.152 e. The van der Waals surface area contributed by atoms with Crippen molar-refractivity contribution in [3.05, 3.63) is 53.9 Å². The predicted octanol–water partition coefficient (Wildman–Crippen LogP) is 3.46. The van der Waals surface area contributed by atoms with E-state index in [1.165, 1.54) is 5.56 Å². The second kappa shape index (κ2) is 5.03. The third kappa shape index (κ3) is 2.19. The minimum atomic E-state index is 0.620. The molecule has 0 aliphatic rings. The van der Waals surface area contributed by atoms with E-state index in [1.54, 1.807) is 12.4 Å². The number of rotatable bonds is 3. The number of pyridine rings is 1. The molecule has 1 heterocycles. The first-order chi connectivity index (χ1) is 7.85. The van der Waals surface area contributed by atoms with Gasteiger partial charge in [0.25, 0.3) is 0 Å². The van der Waals surface area contributed by atoms with Gasteiger partial charge in [-0.3, -0.25) is 9.78 Å². The molecule has 0 saturated heterocycles. The number of aldehydes is 1. The summed E-state index contributed by atoms with van der Waals surface area (Å²) in [6.07, 6.45) is 4.12. The van der Waals surface area contributed by atoms with E-state index in [-0.39, 0.29) is 0 Å². The highest BCUT2D eigenvalue weighted by molar-refractivity contribution is 9.08. The van der Waals surface area contributed by atoms with Crippen molar-refractivity contribution in [2.24, 2.45) is 0 Å². The van der Waals surface area contributed by atoms with Crippen molar-refractivity contribution < 1.29 is 4.79 Å². The summed E-state index contributed by atoms with van der Waals surface area (Å²) in [5.41, 5.74) is 3.77. The fourth-order valence-corrected chi connectivity index (χ4v) is 1.93. The minimum Gasteiger partial charge on any atom is -0.298 e. The van der Waals surface area contributed by atoms with Crippen molar-refractivity contribution in [1.29, 1.82) is 0 Å². The third-order valence-corrected chi connectivity index (χ3v) is 3.02. The number of alkyl halides is 1. The molecule has 0 unspecified atom stereocenters. The lowest BCUT2D eigenvalue weighted by Gasteiger charge is -2.05. The van der Waals surface area contributed by atoms with Crippen LogP contribution in [0.2, 0.25) is 0 Å². The van der Waals surface area contributed by atoms with Gasteiger partial charge in [-0.05, 0) is 22.8 Å². The maximum absolute atomic E-state index is 10.9. The van der Waals surface area contributed by atoms with E-state index < -0.39 is 0 Å². The van der Waals surface area contributed by atoms with Crippen LogP contribution >= 0.6 is 15.9 Å². The zero-order valence-electron chi connectivity index (χ0n) is 8.56. The molecule has 0 saturated carbocycles. The second-order valence-corrected chi connectivity index (χ2v) is 3.98. The number of hydrogen-bond donors (Lipinski definition) is 0. The molecule has 0 aliphatic heterocycles. The average Bonchev–Trinajstić information content (AvgIpc) is 2.38. The van der Waals surface area contributed by atoms with Crippen LogP contribution in [0.3, 0.4) is 0 Å². The van der Waals surface area contributed by atoms with Gasteiger partial charge in [-0.25, -0.2) is 0 Å². The topological polar surface area (TPSA) is 30.0 Å². The molecule has 2 nitrogen and oxygen atoms in total. The average molecular weight is 276 g/mol. The van der Waals surface area contributed by atoms with Gasteiger partial charge in [0, 0.05) is 23.3 Å². The van der Waals surface area contributed by atoms with Gasteiger partial charge in [0.1, 0.15) is 0 Å². The van der Waals surface area contributed by atoms with Crippen LogP contribution in [0.4, 0.5) is 0 Å². The summed E-state index contributed by atoms with van der Waals surface area (Å²) in [4.78, 5) is 14.8. The molecule has 1 aromatic heterocycles. The smallest absolute Gasteiger partial charge is 0.152 e. The zero-order valence-corrected chi connectivity index (χ0v) is 10.1. The number of aromatic nitrogens is 1. The van der Waals surface area contributed by atoms with Gasteiger partial charge in [-0.15, -0.1) is 0 Å². The van der Waals surface area contributed by atoms with Gasteiger partial charge in [-0.1, -0.05) is 40.2 Å². The Labute approximate surface area is 102 Å². The summed E-state index contributed by atoms with van der Waals surface area (Å²) in [6, 6.07) is 9.95. The molecule has 0 amide bonds. The molecule has 0 bridgehead atoms. The van der Waals surface area contributed by atoms with E-state index in [4.69, 9.17) is 0 Å². The first-order valence-corrected chi connectivity index (χ1v) is 6.02. The Morgan fingerprint density at radius 2 is 2.19 bits per heavy atom. The van der Waals surface area contributed by atoms with Crippen molar-refractivity contribution in [3.8, 4) is 11.1 Å². The number of nitrogens with zero attached hydrogens (tertiary/aromatic N) is 1. The van der Waals surface area contributed by atoms with Gasteiger partial charge in [0.05, 0.1) is 0 Å². The number of hydrogen-bond acceptors (Lipinski definition) is 2. The normalized spacial score (nSPS) is 10.1. The van der Waals surface area contributed by atoms with E-state index in [9.17, 15) is 4.79 Å². The highest BCUT2D eigenvalue weighted by Crippen LogP contribution is 2.23. The first-order valence-electron chi connectivity index (χ1n) is 4.89. The molecule has 1 aromatic carbocycles. The number of halogens is 1. The molecular weight excluding hydrogens is 266 g/mol. The van der Waals surface area contributed by atoms with Crippen molar-refractivity contribution in [1.82, 2.24) is 4.98 Å². The zero-order chi connectivity index (χ0) is 11.4. The fourth-order valence-electron chi connectivity index (χ4n) is 1.59. The van der Waals surface area contributed by atoms with E-state index in [1.807, 2.05) is 24.3 Å². The Morgan fingerprint density at radius 1 is 1.31 bits per heavy atom. The van der Waals surface area contributed by atoms with E-state index in [2.05, 4.69) is 27.0 Å². The van der Waals surface area contributed by atoms with Crippen LogP contribution in [0.5, 0.6) is 0 Å². The van der Waals surface area contributed by atoms with Gasteiger partial charge in [0.15, 0.2) is 6.29 Å². The van der Waals surface area contributed by atoms with E-state index in [0.29, 0.717) is 5.56 Å². The number of carbonyl (C=O) groups excluding carboxylic acids is 1. The number of benzene rings is 1. The summed E-state index contributed by atoms with van der Waals surface area (Å²) in [6.45, 7) is 0. The van der Waals surface area contributed by atoms with Crippen LogP contribution in [0.1, 0.15) is 15.9 Å². The van der Waals surface area contributed by atoms with Crippen molar-refractivity contribution in [2.45, 2.75) is 5.33 Å². The molecule has 0 fully saturated rings. The minimum absolute atomic E-state index is 0.620. The third-order valence-electron chi connectivity index (χ3n) is 2.37. The molecule has 0 aliphatic carbocycles. The standard InChI is InChI=1S/C13H10BrNO/c14-7-10-2-1-3-11(6-10)13-4-5-15-8-12(13)9-16/h1-6,8-9H,7H2. The Balaban J connectivity index is 2.53. The van der Waals surface area contributed by atoms with Gasteiger partial charge in [0.2, 0.25) is 0 Å². The maximum atomic E-state index is 10.9. The lowest BCUT2D eigenvalue weighted by Crippen LogP contribution is -1.89. The van der Waals surface area contributed by atoms with Crippen molar-refractivity contribution >= 4 is 22.2 Å². The van der Waals surface area contributed by atoms with Crippen molar-refractivity contribution in [2.75, 3.05) is 0 Å². The summed E-state index contributed by atoms with van der Waals surface area (Å²) in [5.74, 6) is 0. The highest BCUT2D eigenvalue weighted by atomic mass is 79.9. The van der Waals surface area contributed by atoms with Crippen LogP contribution in [-0.4, -0.2) is 11.3 Å². The summed E-state index contributed by atoms with van der Waals surface area (Å²) in [5, 5.41) is 0.808. The Morgan fingerprint density at radius 3 is 2.94 bits per heavy atom.